The quantitative estimate of drug-likeness (QED) is 0.315. The number of hydrogen-bond donors (Lipinski definition) is 0. The normalized spacial score (nSPS) is 11.7. The molecule has 0 fully saturated rings. The van der Waals surface area contributed by atoms with Gasteiger partial charge in [0.1, 0.15) is 11.4 Å². The number of aromatic nitrogens is 3. The zero-order valence-corrected chi connectivity index (χ0v) is 17.7. The van der Waals surface area contributed by atoms with Crippen LogP contribution in [0.2, 0.25) is 0 Å². The Labute approximate surface area is 179 Å². The third-order valence-corrected chi connectivity index (χ3v) is 6.08. The second-order valence-electron chi connectivity index (χ2n) is 8.07. The Bertz CT molecular complexity index is 1610. The molecular weight excluding hydrogens is 382 g/mol. The summed E-state index contributed by atoms with van der Waals surface area (Å²) in [4.78, 5) is 9.74. The molecule has 0 amide bonds. The molecule has 6 rings (SSSR count). The summed E-state index contributed by atoms with van der Waals surface area (Å²) >= 11 is 0. The van der Waals surface area contributed by atoms with E-state index in [1.54, 1.807) is 0 Å². The molecule has 3 aromatic heterocycles. The van der Waals surface area contributed by atoms with Crippen molar-refractivity contribution in [2.75, 3.05) is 0 Å². The van der Waals surface area contributed by atoms with Gasteiger partial charge in [0.25, 0.3) is 0 Å². The van der Waals surface area contributed by atoms with Crippen LogP contribution in [0, 0.1) is 20.8 Å². The molecule has 31 heavy (non-hydrogen) atoms. The summed E-state index contributed by atoms with van der Waals surface area (Å²) in [6, 6.07) is 25.0. The SMILES string of the molecule is Cc1cc2c(nc1C)oc1c(-c3nc4ccccc4n3-c3ccccc3)ccc(C)c12. The number of aryl methyl sites for hydroxylation is 3. The van der Waals surface area contributed by atoms with Crippen molar-refractivity contribution in [1.29, 1.82) is 0 Å². The van der Waals surface area contributed by atoms with Gasteiger partial charge in [0.05, 0.1) is 16.6 Å². The van der Waals surface area contributed by atoms with Gasteiger partial charge in [0.15, 0.2) is 0 Å². The first-order valence-electron chi connectivity index (χ1n) is 10.4. The van der Waals surface area contributed by atoms with Crippen molar-refractivity contribution in [1.82, 2.24) is 14.5 Å². The smallest absolute Gasteiger partial charge is 0.227 e. The summed E-state index contributed by atoms with van der Waals surface area (Å²) in [5, 5.41) is 2.16. The molecule has 0 N–H and O–H groups in total. The monoisotopic (exact) mass is 403 g/mol. The fourth-order valence-corrected chi connectivity index (χ4v) is 4.38. The highest BCUT2D eigenvalue weighted by Crippen LogP contribution is 2.39. The molecule has 0 unspecified atom stereocenters. The Kier molecular flexibility index (Phi) is 3.78. The van der Waals surface area contributed by atoms with E-state index < -0.39 is 0 Å². The summed E-state index contributed by atoms with van der Waals surface area (Å²) in [7, 11) is 0. The highest BCUT2D eigenvalue weighted by molar-refractivity contribution is 6.10. The van der Waals surface area contributed by atoms with Crippen LogP contribution in [0.4, 0.5) is 0 Å². The maximum atomic E-state index is 6.38. The van der Waals surface area contributed by atoms with E-state index in [1.807, 2.05) is 19.1 Å². The van der Waals surface area contributed by atoms with E-state index in [0.29, 0.717) is 5.71 Å². The van der Waals surface area contributed by atoms with Gasteiger partial charge in [-0.15, -0.1) is 0 Å². The maximum absolute atomic E-state index is 6.38. The second-order valence-corrected chi connectivity index (χ2v) is 8.07. The van der Waals surface area contributed by atoms with Crippen molar-refractivity contribution >= 4 is 33.1 Å². The van der Waals surface area contributed by atoms with Crippen molar-refractivity contribution < 1.29 is 4.42 Å². The Balaban J connectivity index is 1.75. The molecule has 0 saturated heterocycles. The van der Waals surface area contributed by atoms with Gasteiger partial charge in [-0.1, -0.05) is 36.4 Å². The predicted octanol–water partition coefficient (Wildman–Crippen LogP) is 6.91. The molecule has 0 bridgehead atoms. The molecule has 0 aliphatic rings. The van der Waals surface area contributed by atoms with E-state index in [-0.39, 0.29) is 0 Å². The van der Waals surface area contributed by atoms with Crippen LogP contribution in [-0.4, -0.2) is 14.5 Å². The van der Waals surface area contributed by atoms with Crippen molar-refractivity contribution in [3.05, 3.63) is 89.6 Å². The van der Waals surface area contributed by atoms with Gasteiger partial charge >= 0.3 is 0 Å². The average Bonchev–Trinajstić information content (AvgIpc) is 3.34. The van der Waals surface area contributed by atoms with E-state index in [4.69, 9.17) is 14.4 Å². The van der Waals surface area contributed by atoms with Crippen LogP contribution in [-0.2, 0) is 0 Å². The van der Waals surface area contributed by atoms with E-state index >= 15 is 0 Å². The Morgan fingerprint density at radius 2 is 1.55 bits per heavy atom. The van der Waals surface area contributed by atoms with Crippen LogP contribution in [0.1, 0.15) is 16.8 Å². The largest absolute Gasteiger partial charge is 0.437 e. The lowest BCUT2D eigenvalue weighted by molar-refractivity contribution is 0.652. The highest BCUT2D eigenvalue weighted by Gasteiger charge is 2.21. The number of pyridine rings is 1. The van der Waals surface area contributed by atoms with E-state index in [9.17, 15) is 0 Å². The number of imidazole rings is 1. The second kappa shape index (κ2) is 6.54. The Morgan fingerprint density at radius 1 is 0.774 bits per heavy atom. The molecule has 0 spiro atoms. The summed E-state index contributed by atoms with van der Waals surface area (Å²) in [5.41, 5.74) is 8.89. The van der Waals surface area contributed by atoms with Crippen LogP contribution >= 0.6 is 0 Å². The van der Waals surface area contributed by atoms with E-state index in [0.717, 1.165) is 55.7 Å². The third-order valence-electron chi connectivity index (χ3n) is 6.08. The molecule has 0 saturated carbocycles. The molecule has 3 aromatic carbocycles. The third kappa shape index (κ3) is 2.61. The van der Waals surface area contributed by atoms with Crippen LogP contribution in [0.3, 0.4) is 0 Å². The first-order chi connectivity index (χ1) is 15.1. The lowest BCUT2D eigenvalue weighted by Crippen LogP contribution is -1.97. The molecular formula is C27H21N3O. The molecule has 0 aliphatic heterocycles. The van der Waals surface area contributed by atoms with Gasteiger partial charge in [0.2, 0.25) is 5.71 Å². The fraction of sp³-hybridized carbons (Fsp3) is 0.111. The summed E-state index contributed by atoms with van der Waals surface area (Å²) in [6.45, 7) is 6.23. The van der Waals surface area contributed by atoms with E-state index in [1.165, 1.54) is 5.56 Å². The number of rotatable bonds is 2. The lowest BCUT2D eigenvalue weighted by atomic mass is 10.0. The van der Waals surface area contributed by atoms with Crippen molar-refractivity contribution in [2.45, 2.75) is 20.8 Å². The lowest BCUT2D eigenvalue weighted by Gasteiger charge is -2.10. The van der Waals surface area contributed by atoms with Crippen LogP contribution in [0.5, 0.6) is 0 Å². The summed E-state index contributed by atoms with van der Waals surface area (Å²) in [5.74, 6) is 0.866. The first-order valence-corrected chi connectivity index (χ1v) is 10.4. The Hall–Kier alpha value is -3.92. The maximum Gasteiger partial charge on any atom is 0.227 e. The predicted molar refractivity (Wildman–Crippen MR) is 126 cm³/mol. The topological polar surface area (TPSA) is 43.9 Å². The van der Waals surface area contributed by atoms with Crippen LogP contribution in [0.15, 0.2) is 77.2 Å². The fourth-order valence-electron chi connectivity index (χ4n) is 4.38. The molecule has 3 heterocycles. The molecule has 0 atom stereocenters. The summed E-state index contributed by atoms with van der Waals surface area (Å²) in [6.07, 6.45) is 0. The van der Waals surface area contributed by atoms with Crippen molar-refractivity contribution in [3.63, 3.8) is 0 Å². The number of nitrogens with zero attached hydrogens (tertiary/aromatic N) is 3. The minimum absolute atomic E-state index is 0.677. The average molecular weight is 403 g/mol. The molecule has 4 heteroatoms. The van der Waals surface area contributed by atoms with Gasteiger partial charge < -0.3 is 4.42 Å². The Morgan fingerprint density at radius 3 is 2.39 bits per heavy atom. The molecule has 4 nitrogen and oxygen atoms in total. The van der Waals surface area contributed by atoms with Gasteiger partial charge in [-0.25, -0.2) is 9.97 Å². The van der Waals surface area contributed by atoms with Gasteiger partial charge in [-0.3, -0.25) is 4.57 Å². The van der Waals surface area contributed by atoms with Crippen LogP contribution < -0.4 is 0 Å². The first kappa shape index (κ1) is 17.9. The van der Waals surface area contributed by atoms with Gasteiger partial charge in [0, 0.05) is 22.2 Å². The number of hydrogen-bond acceptors (Lipinski definition) is 3. The van der Waals surface area contributed by atoms with Crippen molar-refractivity contribution in [3.8, 4) is 17.1 Å². The van der Waals surface area contributed by atoms with Crippen molar-refractivity contribution in [2.24, 2.45) is 0 Å². The molecule has 0 radical (unpaired) electrons. The summed E-state index contributed by atoms with van der Waals surface area (Å²) < 4.78 is 8.58. The molecule has 150 valence electrons. The standard InChI is InChI=1S/C27H21N3O/c1-16-13-14-20(25-24(16)21-15-17(2)18(3)28-27(21)31-25)26-29-22-11-7-8-12-23(22)30(26)19-9-5-4-6-10-19/h4-15H,1-3H3. The minimum Gasteiger partial charge on any atom is -0.437 e. The number of furan rings is 1. The van der Waals surface area contributed by atoms with Gasteiger partial charge in [-0.2, -0.15) is 0 Å². The van der Waals surface area contributed by atoms with E-state index in [2.05, 4.69) is 79.1 Å². The number of para-hydroxylation sites is 3. The zero-order valence-electron chi connectivity index (χ0n) is 17.7. The number of fused-ring (bicyclic) bond motifs is 4. The minimum atomic E-state index is 0.677. The number of benzene rings is 3. The molecule has 0 aliphatic carbocycles. The zero-order chi connectivity index (χ0) is 21.1. The van der Waals surface area contributed by atoms with Gasteiger partial charge in [-0.05, 0) is 68.3 Å². The molecule has 6 aromatic rings. The highest BCUT2D eigenvalue weighted by atomic mass is 16.3. The van der Waals surface area contributed by atoms with Crippen LogP contribution in [0.25, 0.3) is 50.2 Å².